The minimum atomic E-state index is 0.131. The summed E-state index contributed by atoms with van der Waals surface area (Å²) in [5.74, 6) is 1.69. The Labute approximate surface area is 155 Å². The molecule has 0 aliphatic heterocycles. The molecule has 0 saturated carbocycles. The first kappa shape index (κ1) is 20.1. The van der Waals surface area contributed by atoms with Crippen LogP contribution in [0, 0.1) is 28.1 Å². The third kappa shape index (κ3) is 4.13. The Hall–Kier alpha value is -1.24. The molecule has 25 heavy (non-hydrogen) atoms. The fourth-order valence-corrected chi connectivity index (χ4v) is 4.45. The summed E-state index contributed by atoms with van der Waals surface area (Å²) in [5.41, 5.74) is 3.32. The zero-order valence-corrected chi connectivity index (χ0v) is 17.6. The maximum absolute atomic E-state index is 10.2. The first-order valence-electron chi connectivity index (χ1n) is 9.80. The zero-order valence-electron chi connectivity index (χ0n) is 17.6. The smallest absolute Gasteiger partial charge is 0.118 e. The molecule has 1 nitrogen and oxygen atoms in total. The van der Waals surface area contributed by atoms with Gasteiger partial charge in [-0.15, -0.1) is 0 Å². The van der Waals surface area contributed by atoms with E-state index >= 15 is 0 Å². The van der Waals surface area contributed by atoms with Crippen molar-refractivity contribution in [2.45, 2.75) is 74.7 Å². The molecular weight excluding hydrogens is 304 g/mol. The molecule has 0 heterocycles. The van der Waals surface area contributed by atoms with Gasteiger partial charge in [-0.1, -0.05) is 78.3 Å². The van der Waals surface area contributed by atoms with Crippen LogP contribution in [0.25, 0.3) is 0 Å². The van der Waals surface area contributed by atoms with Gasteiger partial charge < -0.3 is 5.11 Å². The molecule has 2 unspecified atom stereocenters. The fourth-order valence-electron chi connectivity index (χ4n) is 4.45. The molecule has 0 amide bonds. The van der Waals surface area contributed by atoms with Gasteiger partial charge in [0.1, 0.15) is 5.75 Å². The molecule has 1 heteroatoms. The molecule has 1 aliphatic rings. The van der Waals surface area contributed by atoms with E-state index in [0.29, 0.717) is 28.4 Å². The number of hydrogen-bond donors (Lipinski definition) is 1. The first-order chi connectivity index (χ1) is 11.4. The van der Waals surface area contributed by atoms with Crippen LogP contribution in [-0.4, -0.2) is 5.11 Å². The minimum Gasteiger partial charge on any atom is -0.508 e. The quantitative estimate of drug-likeness (QED) is 0.584. The molecule has 1 aromatic carbocycles. The van der Waals surface area contributed by atoms with Crippen molar-refractivity contribution in [1.82, 2.24) is 0 Å². The standard InChI is InChI=1S/C24H38O/c1-17-13-14-19(24(7,8)22(2,3)4)15-20(17)23(5,6)16-18-11-9-10-12-21(18)25/h9-13,19-20,25H,14-16H2,1-8H3. The molecule has 0 saturated heterocycles. The maximum Gasteiger partial charge on any atom is 0.118 e. The lowest BCUT2D eigenvalue weighted by atomic mass is 9.55. The summed E-state index contributed by atoms with van der Waals surface area (Å²) >= 11 is 0. The highest BCUT2D eigenvalue weighted by molar-refractivity contribution is 5.33. The van der Waals surface area contributed by atoms with E-state index in [1.54, 1.807) is 6.07 Å². The Morgan fingerprint density at radius 1 is 1.00 bits per heavy atom. The third-order valence-electron chi connectivity index (χ3n) is 7.33. The number of aromatic hydroxyl groups is 1. The highest BCUT2D eigenvalue weighted by Crippen LogP contribution is 2.53. The summed E-state index contributed by atoms with van der Waals surface area (Å²) in [6, 6.07) is 7.80. The molecule has 2 atom stereocenters. The third-order valence-corrected chi connectivity index (χ3v) is 7.33. The summed E-state index contributed by atoms with van der Waals surface area (Å²) in [6.45, 7) is 19.1. The molecule has 140 valence electrons. The fraction of sp³-hybridized carbons (Fsp3) is 0.667. The van der Waals surface area contributed by atoms with Gasteiger partial charge in [0.05, 0.1) is 0 Å². The van der Waals surface area contributed by atoms with E-state index in [9.17, 15) is 5.11 Å². The van der Waals surface area contributed by atoms with E-state index < -0.39 is 0 Å². The van der Waals surface area contributed by atoms with Gasteiger partial charge in [-0.25, -0.2) is 0 Å². The monoisotopic (exact) mass is 342 g/mol. The van der Waals surface area contributed by atoms with Crippen molar-refractivity contribution in [2.24, 2.45) is 28.1 Å². The van der Waals surface area contributed by atoms with Crippen LogP contribution in [0.5, 0.6) is 5.75 Å². The average Bonchev–Trinajstić information content (AvgIpc) is 2.48. The van der Waals surface area contributed by atoms with Gasteiger partial charge in [-0.05, 0) is 65.9 Å². The number of allylic oxidation sites excluding steroid dienone is 2. The topological polar surface area (TPSA) is 20.2 Å². The Morgan fingerprint density at radius 2 is 1.60 bits per heavy atom. The highest BCUT2D eigenvalue weighted by atomic mass is 16.3. The Balaban J connectivity index is 2.26. The predicted molar refractivity (Wildman–Crippen MR) is 109 cm³/mol. The van der Waals surface area contributed by atoms with Crippen LogP contribution >= 0.6 is 0 Å². The van der Waals surface area contributed by atoms with Crippen LogP contribution < -0.4 is 0 Å². The summed E-state index contributed by atoms with van der Waals surface area (Å²) in [4.78, 5) is 0. The van der Waals surface area contributed by atoms with Crippen molar-refractivity contribution in [3.05, 3.63) is 41.5 Å². The van der Waals surface area contributed by atoms with Crippen LogP contribution in [0.3, 0.4) is 0 Å². The largest absolute Gasteiger partial charge is 0.508 e. The van der Waals surface area contributed by atoms with E-state index in [1.807, 2.05) is 12.1 Å². The molecule has 0 spiro atoms. The average molecular weight is 343 g/mol. The molecule has 1 aromatic rings. The van der Waals surface area contributed by atoms with Gasteiger partial charge >= 0.3 is 0 Å². The van der Waals surface area contributed by atoms with Gasteiger partial charge in [-0.3, -0.25) is 0 Å². The normalized spacial score (nSPS) is 22.6. The van der Waals surface area contributed by atoms with Gasteiger partial charge in [-0.2, -0.15) is 0 Å². The molecule has 0 radical (unpaired) electrons. The lowest BCUT2D eigenvalue weighted by Gasteiger charge is -2.50. The highest BCUT2D eigenvalue weighted by Gasteiger charge is 2.44. The number of hydrogen-bond acceptors (Lipinski definition) is 1. The number of phenols is 1. The summed E-state index contributed by atoms with van der Waals surface area (Å²) < 4.78 is 0. The Bertz CT molecular complexity index is 628. The van der Waals surface area contributed by atoms with E-state index in [1.165, 1.54) is 18.4 Å². The van der Waals surface area contributed by atoms with Crippen molar-refractivity contribution in [1.29, 1.82) is 0 Å². The predicted octanol–water partition coefficient (Wildman–Crippen LogP) is 7.01. The molecule has 1 aliphatic carbocycles. The van der Waals surface area contributed by atoms with E-state index in [2.05, 4.69) is 67.5 Å². The van der Waals surface area contributed by atoms with Crippen LogP contribution in [0.1, 0.15) is 73.8 Å². The second-order valence-corrected chi connectivity index (χ2v) is 10.4. The van der Waals surface area contributed by atoms with Crippen molar-refractivity contribution >= 4 is 0 Å². The number of phenolic OH excluding ortho intramolecular Hbond substituents is 1. The van der Waals surface area contributed by atoms with Crippen LogP contribution in [0.15, 0.2) is 35.9 Å². The van der Waals surface area contributed by atoms with Gasteiger partial charge in [0.2, 0.25) is 0 Å². The maximum atomic E-state index is 10.2. The number of rotatable bonds is 4. The Morgan fingerprint density at radius 3 is 2.16 bits per heavy atom. The Kier molecular flexibility index (Phi) is 5.47. The van der Waals surface area contributed by atoms with Crippen LogP contribution in [0.4, 0.5) is 0 Å². The van der Waals surface area contributed by atoms with Crippen molar-refractivity contribution < 1.29 is 5.11 Å². The molecule has 0 fully saturated rings. The SMILES string of the molecule is CC1=CCC(C(C)(C)C(C)(C)C)CC1C(C)(C)Cc1ccccc1O. The number of benzene rings is 1. The van der Waals surface area contributed by atoms with Gasteiger partial charge in [0, 0.05) is 0 Å². The summed E-state index contributed by atoms with van der Waals surface area (Å²) in [5, 5.41) is 10.2. The summed E-state index contributed by atoms with van der Waals surface area (Å²) in [6.07, 6.45) is 5.84. The van der Waals surface area contributed by atoms with Gasteiger partial charge in [0.15, 0.2) is 0 Å². The van der Waals surface area contributed by atoms with Crippen molar-refractivity contribution in [2.75, 3.05) is 0 Å². The van der Waals surface area contributed by atoms with E-state index in [4.69, 9.17) is 0 Å². The molecule has 0 bridgehead atoms. The molecule has 2 rings (SSSR count). The van der Waals surface area contributed by atoms with Crippen molar-refractivity contribution in [3.63, 3.8) is 0 Å². The lowest BCUT2D eigenvalue weighted by Crippen LogP contribution is -2.41. The second-order valence-electron chi connectivity index (χ2n) is 10.4. The number of para-hydroxylation sites is 1. The zero-order chi connectivity index (χ0) is 19.0. The van der Waals surface area contributed by atoms with Crippen LogP contribution in [-0.2, 0) is 6.42 Å². The minimum absolute atomic E-state index is 0.131. The van der Waals surface area contributed by atoms with Crippen molar-refractivity contribution in [3.8, 4) is 5.75 Å². The van der Waals surface area contributed by atoms with Gasteiger partial charge in [0.25, 0.3) is 0 Å². The molecule has 1 N–H and O–H groups in total. The van der Waals surface area contributed by atoms with E-state index in [0.717, 1.165) is 12.0 Å². The first-order valence-corrected chi connectivity index (χ1v) is 9.80. The molecular formula is C24H38O. The lowest BCUT2D eigenvalue weighted by molar-refractivity contribution is 0.0258. The van der Waals surface area contributed by atoms with E-state index in [-0.39, 0.29) is 5.41 Å². The summed E-state index contributed by atoms with van der Waals surface area (Å²) in [7, 11) is 0. The van der Waals surface area contributed by atoms with Crippen LogP contribution in [0.2, 0.25) is 0 Å². The second kappa shape index (κ2) is 6.82. The molecule has 0 aromatic heterocycles.